The van der Waals surface area contributed by atoms with E-state index >= 15 is 0 Å². The molecule has 158 valence electrons. The molecule has 0 unspecified atom stereocenters. The maximum absolute atomic E-state index is 12.9. The van der Waals surface area contributed by atoms with Crippen molar-refractivity contribution in [2.75, 3.05) is 23.3 Å². The standard InChI is InChI=1S/C24H30N4OS/c1-15-6-11-19-20(14-15)30-24-21(19)23(29)26-22(27-24)16(2)25-17-7-9-18(10-8-17)28-12-4-3-5-13-28/h7-10,15-16,25H,3-6,11-14H2,1-2H3,(H,26,27,29)/t15-,16-/m1/s1. The van der Waals surface area contributed by atoms with E-state index in [-0.39, 0.29) is 11.6 Å². The smallest absolute Gasteiger partial charge is 0.259 e. The molecule has 3 aromatic rings. The number of H-pyrrole nitrogens is 1. The number of piperidine rings is 1. The van der Waals surface area contributed by atoms with Gasteiger partial charge in [-0.2, -0.15) is 0 Å². The Labute approximate surface area is 181 Å². The molecule has 2 aliphatic rings. The van der Waals surface area contributed by atoms with Crippen LogP contribution in [-0.4, -0.2) is 23.1 Å². The third-order valence-corrected chi connectivity index (χ3v) is 7.71. The van der Waals surface area contributed by atoms with Crippen molar-refractivity contribution in [3.05, 3.63) is 50.9 Å². The first-order valence-corrected chi connectivity index (χ1v) is 12.1. The highest BCUT2D eigenvalue weighted by molar-refractivity contribution is 7.18. The molecule has 1 aromatic carbocycles. The molecule has 0 saturated carbocycles. The Morgan fingerprint density at radius 1 is 1.20 bits per heavy atom. The maximum Gasteiger partial charge on any atom is 0.259 e. The number of aromatic amines is 1. The van der Waals surface area contributed by atoms with Crippen molar-refractivity contribution in [2.24, 2.45) is 5.92 Å². The van der Waals surface area contributed by atoms with E-state index in [2.05, 4.69) is 53.3 Å². The summed E-state index contributed by atoms with van der Waals surface area (Å²) in [6, 6.07) is 8.56. The Bertz CT molecular complexity index is 1090. The molecule has 30 heavy (non-hydrogen) atoms. The molecule has 1 saturated heterocycles. The first-order valence-electron chi connectivity index (χ1n) is 11.2. The molecule has 5 rings (SSSR count). The minimum Gasteiger partial charge on any atom is -0.375 e. The minimum absolute atomic E-state index is 0.0103. The van der Waals surface area contributed by atoms with Crippen molar-refractivity contribution in [3.8, 4) is 0 Å². The second-order valence-electron chi connectivity index (χ2n) is 8.94. The Balaban J connectivity index is 1.36. The number of rotatable bonds is 4. The predicted molar refractivity (Wildman–Crippen MR) is 126 cm³/mol. The van der Waals surface area contributed by atoms with E-state index in [0.717, 1.165) is 48.3 Å². The van der Waals surface area contributed by atoms with Crippen LogP contribution in [0.4, 0.5) is 11.4 Å². The van der Waals surface area contributed by atoms with Crippen LogP contribution >= 0.6 is 11.3 Å². The molecule has 1 fully saturated rings. The molecule has 3 heterocycles. The number of thiophene rings is 1. The first kappa shape index (κ1) is 19.6. The Kier molecular flexibility index (Phi) is 5.27. The third kappa shape index (κ3) is 3.73. The predicted octanol–water partition coefficient (Wildman–Crippen LogP) is 5.27. The van der Waals surface area contributed by atoms with Crippen LogP contribution in [-0.2, 0) is 12.8 Å². The molecule has 0 bridgehead atoms. The van der Waals surface area contributed by atoms with Gasteiger partial charge in [-0.05, 0) is 81.2 Å². The molecular weight excluding hydrogens is 392 g/mol. The number of hydrogen-bond donors (Lipinski definition) is 2. The van der Waals surface area contributed by atoms with Crippen LogP contribution in [0.5, 0.6) is 0 Å². The molecule has 0 spiro atoms. The normalized spacial score (nSPS) is 20.2. The van der Waals surface area contributed by atoms with Crippen molar-refractivity contribution in [1.29, 1.82) is 0 Å². The highest BCUT2D eigenvalue weighted by atomic mass is 32.1. The molecule has 1 aliphatic carbocycles. The minimum atomic E-state index is -0.0685. The number of nitrogens with one attached hydrogen (secondary N) is 2. The average Bonchev–Trinajstić information content (AvgIpc) is 3.12. The van der Waals surface area contributed by atoms with E-state index in [1.165, 1.54) is 35.4 Å². The topological polar surface area (TPSA) is 61.0 Å². The lowest BCUT2D eigenvalue weighted by Gasteiger charge is -2.29. The second kappa shape index (κ2) is 8.06. The van der Waals surface area contributed by atoms with Gasteiger partial charge in [0.25, 0.3) is 5.56 Å². The first-order chi connectivity index (χ1) is 14.6. The van der Waals surface area contributed by atoms with E-state index in [4.69, 9.17) is 4.98 Å². The molecule has 6 heteroatoms. The van der Waals surface area contributed by atoms with E-state index in [0.29, 0.717) is 11.7 Å². The summed E-state index contributed by atoms with van der Waals surface area (Å²) in [4.78, 5) is 25.5. The highest BCUT2D eigenvalue weighted by Crippen LogP contribution is 2.36. The number of aryl methyl sites for hydroxylation is 1. The van der Waals surface area contributed by atoms with Crippen molar-refractivity contribution >= 4 is 32.9 Å². The van der Waals surface area contributed by atoms with Crippen LogP contribution in [0.2, 0.25) is 0 Å². The zero-order valence-electron chi connectivity index (χ0n) is 17.8. The molecule has 2 aromatic heterocycles. The molecule has 2 atom stereocenters. The van der Waals surface area contributed by atoms with E-state index in [9.17, 15) is 4.79 Å². The summed E-state index contributed by atoms with van der Waals surface area (Å²) < 4.78 is 0. The van der Waals surface area contributed by atoms with Crippen molar-refractivity contribution in [2.45, 2.75) is 58.4 Å². The summed E-state index contributed by atoms with van der Waals surface area (Å²) >= 11 is 1.71. The van der Waals surface area contributed by atoms with Gasteiger partial charge in [-0.3, -0.25) is 4.79 Å². The van der Waals surface area contributed by atoms with Gasteiger partial charge in [0.2, 0.25) is 0 Å². The summed E-state index contributed by atoms with van der Waals surface area (Å²) in [5.41, 5.74) is 3.59. The lowest BCUT2D eigenvalue weighted by molar-refractivity contribution is 0.509. The fraction of sp³-hybridized carbons (Fsp3) is 0.500. The fourth-order valence-electron chi connectivity index (χ4n) is 4.81. The number of benzene rings is 1. The van der Waals surface area contributed by atoms with Gasteiger partial charge >= 0.3 is 0 Å². The van der Waals surface area contributed by atoms with Gasteiger partial charge < -0.3 is 15.2 Å². The number of hydrogen-bond acceptors (Lipinski definition) is 5. The van der Waals surface area contributed by atoms with Crippen LogP contribution in [0.1, 0.15) is 61.8 Å². The molecule has 0 amide bonds. The molecule has 1 aliphatic heterocycles. The van der Waals surface area contributed by atoms with Gasteiger partial charge in [-0.15, -0.1) is 11.3 Å². The van der Waals surface area contributed by atoms with E-state index < -0.39 is 0 Å². The third-order valence-electron chi connectivity index (χ3n) is 6.57. The van der Waals surface area contributed by atoms with E-state index in [1.807, 2.05) is 0 Å². The van der Waals surface area contributed by atoms with E-state index in [1.54, 1.807) is 11.3 Å². The van der Waals surface area contributed by atoms with Crippen LogP contribution in [0.15, 0.2) is 29.1 Å². The average molecular weight is 423 g/mol. The summed E-state index contributed by atoms with van der Waals surface area (Å²) in [5.74, 6) is 1.40. The van der Waals surface area contributed by atoms with Gasteiger partial charge in [0.1, 0.15) is 10.7 Å². The van der Waals surface area contributed by atoms with Crippen LogP contribution in [0.25, 0.3) is 10.2 Å². The number of fused-ring (bicyclic) bond motifs is 3. The summed E-state index contributed by atoms with van der Waals surface area (Å²) in [6.07, 6.45) is 7.13. The van der Waals surface area contributed by atoms with Crippen molar-refractivity contribution in [3.63, 3.8) is 0 Å². The zero-order valence-corrected chi connectivity index (χ0v) is 18.6. The van der Waals surface area contributed by atoms with Crippen molar-refractivity contribution < 1.29 is 0 Å². The van der Waals surface area contributed by atoms with Gasteiger partial charge in [0.05, 0.1) is 11.4 Å². The zero-order chi connectivity index (χ0) is 20.7. The van der Waals surface area contributed by atoms with Crippen molar-refractivity contribution in [1.82, 2.24) is 9.97 Å². The van der Waals surface area contributed by atoms with Gasteiger partial charge in [0, 0.05) is 29.3 Å². The van der Waals surface area contributed by atoms with Gasteiger partial charge in [-0.25, -0.2) is 4.98 Å². The second-order valence-corrected chi connectivity index (χ2v) is 10.0. The lowest BCUT2D eigenvalue weighted by atomic mass is 9.89. The summed E-state index contributed by atoms with van der Waals surface area (Å²) in [6.45, 7) is 6.65. The molecular formula is C24H30N4OS. The Hall–Kier alpha value is -2.34. The van der Waals surface area contributed by atoms with Gasteiger partial charge in [0.15, 0.2) is 0 Å². The number of nitrogens with zero attached hydrogens (tertiary/aromatic N) is 2. The molecule has 0 radical (unpaired) electrons. The maximum atomic E-state index is 12.9. The number of anilines is 2. The largest absolute Gasteiger partial charge is 0.375 e. The quantitative estimate of drug-likeness (QED) is 0.601. The van der Waals surface area contributed by atoms with Crippen LogP contribution in [0, 0.1) is 5.92 Å². The summed E-state index contributed by atoms with van der Waals surface area (Å²) in [5, 5.41) is 4.33. The Morgan fingerprint density at radius 3 is 2.73 bits per heavy atom. The summed E-state index contributed by atoms with van der Waals surface area (Å²) in [7, 11) is 0. The van der Waals surface area contributed by atoms with Crippen LogP contribution < -0.4 is 15.8 Å². The van der Waals surface area contributed by atoms with Crippen LogP contribution in [0.3, 0.4) is 0 Å². The van der Waals surface area contributed by atoms with Gasteiger partial charge in [-0.1, -0.05) is 6.92 Å². The highest BCUT2D eigenvalue weighted by Gasteiger charge is 2.23. The monoisotopic (exact) mass is 422 g/mol. The fourth-order valence-corrected chi connectivity index (χ4v) is 6.20. The Morgan fingerprint density at radius 2 is 1.97 bits per heavy atom. The lowest BCUT2D eigenvalue weighted by Crippen LogP contribution is -2.29. The molecule has 2 N–H and O–H groups in total. The SMILES string of the molecule is C[C@@H]1CCc2c(sc3nc([C@@H](C)Nc4ccc(N5CCCCC5)cc4)[nH]c(=O)c23)C1. The molecule has 5 nitrogen and oxygen atoms in total. The number of aromatic nitrogens is 2.